The zero-order valence-electron chi connectivity index (χ0n) is 18.9. The summed E-state index contributed by atoms with van der Waals surface area (Å²) in [5.41, 5.74) is 7.18. The van der Waals surface area contributed by atoms with Crippen molar-refractivity contribution in [1.82, 2.24) is 30.1 Å². The highest BCUT2D eigenvalue weighted by molar-refractivity contribution is 7.22. The van der Waals surface area contributed by atoms with Crippen LogP contribution in [0.3, 0.4) is 0 Å². The first-order valence-electron chi connectivity index (χ1n) is 10.7. The summed E-state index contributed by atoms with van der Waals surface area (Å²) in [4.78, 5) is 7.16. The van der Waals surface area contributed by atoms with E-state index in [1.54, 1.807) is 23.6 Å². The van der Waals surface area contributed by atoms with E-state index in [9.17, 15) is 4.39 Å². The van der Waals surface area contributed by atoms with Gasteiger partial charge in [-0.15, -0.1) is 16.4 Å². The summed E-state index contributed by atoms with van der Waals surface area (Å²) in [7, 11) is 3.72. The van der Waals surface area contributed by atoms with Gasteiger partial charge in [-0.25, -0.2) is 9.37 Å². The van der Waals surface area contributed by atoms with Crippen molar-refractivity contribution < 1.29 is 13.5 Å². The summed E-state index contributed by atoms with van der Waals surface area (Å²) in [6.07, 6.45) is 1.66. The lowest BCUT2D eigenvalue weighted by Gasteiger charge is -2.13. The number of anilines is 1. The van der Waals surface area contributed by atoms with Crippen LogP contribution < -0.4 is 10.5 Å². The molecule has 0 spiro atoms. The van der Waals surface area contributed by atoms with Crippen LogP contribution in [0.25, 0.3) is 37.6 Å². The average Bonchev–Trinajstić information content (AvgIpc) is 3.49. The fraction of sp³-hybridized carbons (Fsp3) is 0.167. The summed E-state index contributed by atoms with van der Waals surface area (Å²) in [5, 5.41) is 12.7. The Balaban J connectivity index is 1.52. The molecular weight excluding hydrogens is 472 g/mol. The fourth-order valence-electron chi connectivity index (χ4n) is 3.57. The van der Waals surface area contributed by atoms with Crippen LogP contribution >= 0.6 is 11.3 Å². The van der Waals surface area contributed by atoms with Crippen LogP contribution in [0.5, 0.6) is 5.75 Å². The van der Waals surface area contributed by atoms with E-state index in [-0.39, 0.29) is 29.7 Å². The molecule has 3 heterocycles. The van der Waals surface area contributed by atoms with E-state index in [2.05, 4.69) is 26.6 Å². The van der Waals surface area contributed by atoms with Gasteiger partial charge < -0.3 is 15.4 Å². The maximum Gasteiger partial charge on any atom is 0.202 e. The Hall–Kier alpha value is -3.96. The van der Waals surface area contributed by atoms with Crippen molar-refractivity contribution >= 4 is 27.2 Å². The van der Waals surface area contributed by atoms with Crippen molar-refractivity contribution in [2.75, 3.05) is 33.0 Å². The lowest BCUT2D eigenvalue weighted by Crippen LogP contribution is -2.20. The summed E-state index contributed by atoms with van der Waals surface area (Å²) in [6.45, 7) is 0.772. The van der Waals surface area contributed by atoms with E-state index in [0.29, 0.717) is 12.1 Å². The van der Waals surface area contributed by atoms with Crippen LogP contribution in [0.2, 0.25) is 0 Å². The summed E-state index contributed by atoms with van der Waals surface area (Å²) in [6, 6.07) is 14.6. The third-order valence-electron chi connectivity index (χ3n) is 5.39. The van der Waals surface area contributed by atoms with Crippen LogP contribution in [0.1, 0.15) is 0 Å². The second-order valence-corrected chi connectivity index (χ2v) is 9.17. The maximum atomic E-state index is 15.0. The van der Waals surface area contributed by atoms with Gasteiger partial charge in [0.2, 0.25) is 5.82 Å². The van der Waals surface area contributed by atoms with Crippen LogP contribution in [-0.2, 0) is 0 Å². The first-order chi connectivity index (χ1) is 16.9. The Morgan fingerprint density at radius 3 is 2.71 bits per heavy atom. The van der Waals surface area contributed by atoms with E-state index in [1.807, 2.05) is 43.3 Å². The van der Waals surface area contributed by atoms with Crippen molar-refractivity contribution in [3.05, 3.63) is 66.4 Å². The van der Waals surface area contributed by atoms with Crippen LogP contribution in [0, 0.1) is 11.6 Å². The minimum absolute atomic E-state index is 0.137. The molecule has 0 saturated carbocycles. The van der Waals surface area contributed by atoms with Crippen molar-refractivity contribution in [3.8, 4) is 33.3 Å². The monoisotopic (exact) mass is 493 g/mol. The smallest absolute Gasteiger partial charge is 0.202 e. The predicted molar refractivity (Wildman–Crippen MR) is 132 cm³/mol. The number of hydrogen-bond donors (Lipinski definition) is 1. The third-order valence-corrected chi connectivity index (χ3v) is 6.55. The van der Waals surface area contributed by atoms with Gasteiger partial charge in [0.05, 0.1) is 5.56 Å². The molecule has 0 aliphatic carbocycles. The Bertz CT molecular complexity index is 1480. The molecule has 35 heavy (non-hydrogen) atoms. The molecule has 0 amide bonds. The number of tetrazole rings is 1. The Morgan fingerprint density at radius 1 is 1.09 bits per heavy atom. The minimum Gasteiger partial charge on any atom is -0.489 e. The quantitative estimate of drug-likeness (QED) is 0.359. The van der Waals surface area contributed by atoms with E-state index in [1.165, 1.54) is 12.1 Å². The number of halogens is 2. The first-order valence-corrected chi connectivity index (χ1v) is 11.5. The molecule has 11 heteroatoms. The maximum absolute atomic E-state index is 15.0. The SMILES string of the molecule is CN(C)CCOc1ccc(-n2nnnc2-c2cc(-c3cc4ccccc4s3)cnc2N)c(F)c1F. The number of rotatable bonds is 7. The summed E-state index contributed by atoms with van der Waals surface area (Å²) in [5.74, 6) is -2.13. The fourth-order valence-corrected chi connectivity index (χ4v) is 4.61. The van der Waals surface area contributed by atoms with E-state index >= 15 is 4.39 Å². The highest BCUT2D eigenvalue weighted by Crippen LogP contribution is 2.36. The molecule has 2 aromatic carbocycles. The molecule has 8 nitrogen and oxygen atoms in total. The van der Waals surface area contributed by atoms with Gasteiger partial charge in [-0.1, -0.05) is 18.2 Å². The molecule has 0 radical (unpaired) electrons. The third kappa shape index (κ3) is 4.43. The predicted octanol–water partition coefficient (Wildman–Crippen LogP) is 4.41. The molecule has 5 aromatic rings. The van der Waals surface area contributed by atoms with Crippen molar-refractivity contribution in [2.45, 2.75) is 0 Å². The number of aromatic nitrogens is 5. The zero-order chi connectivity index (χ0) is 24.5. The van der Waals surface area contributed by atoms with Gasteiger partial charge in [0.25, 0.3) is 0 Å². The number of nitrogen functional groups attached to an aromatic ring is 1. The standard InChI is InChI=1S/C24H21F2N7OS/c1-32(2)9-10-34-18-8-7-17(21(25)22(18)26)33-24(29-30-31-33)16-11-15(13-28-23(16)27)20-12-14-5-3-4-6-19(14)35-20/h3-8,11-13H,9-10H2,1-2H3,(H2,27,28). The first kappa shape index (κ1) is 22.8. The molecule has 0 unspecified atom stereocenters. The van der Waals surface area contributed by atoms with E-state index < -0.39 is 11.6 Å². The van der Waals surface area contributed by atoms with Gasteiger partial charge in [-0.2, -0.15) is 9.07 Å². The number of likely N-dealkylation sites (N-methyl/N-ethyl adjacent to an activating group) is 1. The Kier molecular flexibility index (Phi) is 6.10. The molecule has 0 saturated heterocycles. The highest BCUT2D eigenvalue weighted by atomic mass is 32.1. The molecule has 0 aliphatic rings. The largest absolute Gasteiger partial charge is 0.489 e. The second-order valence-electron chi connectivity index (χ2n) is 8.08. The van der Waals surface area contributed by atoms with Gasteiger partial charge in [0, 0.05) is 27.9 Å². The number of pyridine rings is 1. The molecule has 5 rings (SSSR count). The molecule has 0 atom stereocenters. The lowest BCUT2D eigenvalue weighted by molar-refractivity contribution is 0.249. The van der Waals surface area contributed by atoms with Gasteiger partial charge in [-0.05, 0) is 60.2 Å². The van der Waals surface area contributed by atoms with Gasteiger partial charge in [-0.3, -0.25) is 0 Å². The van der Waals surface area contributed by atoms with Crippen molar-refractivity contribution in [2.24, 2.45) is 0 Å². The number of ether oxygens (including phenoxy) is 1. The van der Waals surface area contributed by atoms with Crippen molar-refractivity contribution in [3.63, 3.8) is 0 Å². The van der Waals surface area contributed by atoms with E-state index in [4.69, 9.17) is 10.5 Å². The topological polar surface area (TPSA) is 95.0 Å². The summed E-state index contributed by atoms with van der Waals surface area (Å²) < 4.78 is 37.4. The number of hydrogen-bond acceptors (Lipinski definition) is 8. The number of nitrogens with two attached hydrogens (primary N) is 1. The van der Waals surface area contributed by atoms with E-state index in [0.717, 1.165) is 25.2 Å². The number of benzene rings is 2. The molecule has 0 fully saturated rings. The molecule has 178 valence electrons. The lowest BCUT2D eigenvalue weighted by atomic mass is 10.1. The molecule has 2 N–H and O–H groups in total. The molecule has 3 aromatic heterocycles. The van der Waals surface area contributed by atoms with Crippen LogP contribution in [-0.4, -0.2) is 57.3 Å². The van der Waals surface area contributed by atoms with Crippen molar-refractivity contribution in [1.29, 1.82) is 0 Å². The molecule has 0 aliphatic heterocycles. The Labute approximate surface area is 203 Å². The van der Waals surface area contributed by atoms with Gasteiger partial charge >= 0.3 is 0 Å². The second kappa shape index (κ2) is 9.35. The number of fused-ring (bicyclic) bond motifs is 1. The van der Waals surface area contributed by atoms with Gasteiger partial charge in [0.1, 0.15) is 18.1 Å². The van der Waals surface area contributed by atoms with Crippen LogP contribution in [0.4, 0.5) is 14.6 Å². The number of nitrogens with zero attached hydrogens (tertiary/aromatic N) is 6. The number of thiophene rings is 1. The summed E-state index contributed by atoms with van der Waals surface area (Å²) >= 11 is 1.61. The minimum atomic E-state index is -1.13. The molecule has 0 bridgehead atoms. The van der Waals surface area contributed by atoms with Gasteiger partial charge in [0.15, 0.2) is 17.4 Å². The highest BCUT2D eigenvalue weighted by Gasteiger charge is 2.22. The van der Waals surface area contributed by atoms with Crippen LogP contribution in [0.15, 0.2) is 54.7 Å². The average molecular weight is 494 g/mol. The zero-order valence-corrected chi connectivity index (χ0v) is 19.8. The molecular formula is C24H21F2N7OS. The Morgan fingerprint density at radius 2 is 1.91 bits per heavy atom. The normalized spacial score (nSPS) is 11.5.